The number of hydrogen-bond acceptors (Lipinski definition) is 3. The molecular weight excluding hydrogens is 336 g/mol. The fraction of sp³-hybridized carbons (Fsp3) is 0.143. The predicted octanol–water partition coefficient (Wildman–Crippen LogP) is 4.05. The molecule has 8 heteroatoms. The lowest BCUT2D eigenvalue weighted by molar-refractivity contribution is -0.0492. The maximum absolute atomic E-state index is 12.4. The van der Waals surface area contributed by atoms with Gasteiger partial charge in [-0.2, -0.15) is 8.78 Å². The van der Waals surface area contributed by atoms with E-state index in [9.17, 15) is 17.2 Å². The normalized spacial score (nSPS) is 11.5. The Balaban J connectivity index is 2.37. The van der Waals surface area contributed by atoms with Crippen molar-refractivity contribution in [2.24, 2.45) is 0 Å². The molecule has 0 atom stereocenters. The van der Waals surface area contributed by atoms with E-state index in [-0.39, 0.29) is 15.6 Å². The Morgan fingerprint density at radius 2 is 1.77 bits per heavy atom. The Hall–Kier alpha value is -1.86. The van der Waals surface area contributed by atoms with E-state index in [1.807, 2.05) is 6.92 Å². The summed E-state index contributed by atoms with van der Waals surface area (Å²) >= 11 is 5.78. The number of halogens is 3. The minimum absolute atomic E-state index is 0.000993. The van der Waals surface area contributed by atoms with Gasteiger partial charge in [0.25, 0.3) is 10.0 Å². The first-order chi connectivity index (χ1) is 10.3. The molecule has 0 radical (unpaired) electrons. The van der Waals surface area contributed by atoms with Crippen molar-refractivity contribution in [3.05, 3.63) is 53.1 Å². The van der Waals surface area contributed by atoms with Crippen LogP contribution < -0.4 is 9.46 Å². The largest absolute Gasteiger partial charge is 0.431 e. The smallest absolute Gasteiger partial charge is 0.387 e. The standard InChI is InChI=1S/C14H12ClF2NO3S/c1-9-5-7-10(8-6-9)22(19,20)18-12-4-2-3-11(15)13(12)21-14(16)17/h2-8,14,18H,1H3. The molecule has 0 aromatic heterocycles. The van der Waals surface area contributed by atoms with E-state index in [1.165, 1.54) is 30.3 Å². The quantitative estimate of drug-likeness (QED) is 0.887. The van der Waals surface area contributed by atoms with E-state index < -0.39 is 22.4 Å². The molecule has 0 bridgehead atoms. The number of anilines is 1. The first-order valence-electron chi connectivity index (χ1n) is 6.12. The van der Waals surface area contributed by atoms with Crippen LogP contribution in [0.25, 0.3) is 0 Å². The molecule has 1 N–H and O–H groups in total. The Morgan fingerprint density at radius 3 is 2.36 bits per heavy atom. The molecule has 118 valence electrons. The number of rotatable bonds is 5. The lowest BCUT2D eigenvalue weighted by Gasteiger charge is -2.14. The lowest BCUT2D eigenvalue weighted by atomic mass is 10.2. The number of benzene rings is 2. The van der Waals surface area contributed by atoms with Crippen LogP contribution in [0, 0.1) is 6.92 Å². The summed E-state index contributed by atoms with van der Waals surface area (Å²) in [4.78, 5) is 0.000993. The average Bonchev–Trinajstić information content (AvgIpc) is 2.42. The molecule has 0 aliphatic carbocycles. The van der Waals surface area contributed by atoms with Gasteiger partial charge in [0, 0.05) is 0 Å². The molecule has 2 aromatic rings. The summed E-state index contributed by atoms with van der Waals surface area (Å²) in [6, 6.07) is 10.1. The molecular formula is C14H12ClF2NO3S. The van der Waals surface area contributed by atoms with Crippen molar-refractivity contribution < 1.29 is 21.9 Å². The van der Waals surface area contributed by atoms with Crippen molar-refractivity contribution in [1.29, 1.82) is 0 Å². The van der Waals surface area contributed by atoms with E-state index in [0.29, 0.717) is 0 Å². The van der Waals surface area contributed by atoms with Gasteiger partial charge < -0.3 is 4.74 Å². The first-order valence-corrected chi connectivity index (χ1v) is 7.98. The van der Waals surface area contributed by atoms with Crippen LogP contribution in [0.3, 0.4) is 0 Å². The van der Waals surface area contributed by atoms with Gasteiger partial charge >= 0.3 is 6.61 Å². The molecule has 2 rings (SSSR count). The summed E-state index contributed by atoms with van der Waals surface area (Å²) in [5.74, 6) is -0.421. The van der Waals surface area contributed by atoms with E-state index in [4.69, 9.17) is 11.6 Å². The molecule has 0 aliphatic rings. The second-order valence-corrected chi connectivity index (χ2v) is 6.50. The molecule has 0 aliphatic heterocycles. The molecule has 4 nitrogen and oxygen atoms in total. The molecule has 2 aromatic carbocycles. The zero-order valence-corrected chi connectivity index (χ0v) is 13.0. The van der Waals surface area contributed by atoms with Gasteiger partial charge in [0.15, 0.2) is 5.75 Å². The molecule has 0 spiro atoms. The van der Waals surface area contributed by atoms with Crippen LogP contribution in [-0.4, -0.2) is 15.0 Å². The highest BCUT2D eigenvalue weighted by atomic mass is 35.5. The van der Waals surface area contributed by atoms with E-state index in [2.05, 4.69) is 9.46 Å². The van der Waals surface area contributed by atoms with Gasteiger partial charge in [0.1, 0.15) is 0 Å². The molecule has 0 unspecified atom stereocenters. The molecule has 0 amide bonds. The van der Waals surface area contributed by atoms with Crippen molar-refractivity contribution in [2.45, 2.75) is 18.4 Å². The SMILES string of the molecule is Cc1ccc(S(=O)(=O)Nc2cccc(Cl)c2OC(F)F)cc1. The summed E-state index contributed by atoms with van der Waals surface area (Å²) in [5.41, 5.74) is 0.733. The average molecular weight is 348 g/mol. The van der Waals surface area contributed by atoms with E-state index in [0.717, 1.165) is 5.56 Å². The third-order valence-corrected chi connectivity index (χ3v) is 4.43. The van der Waals surface area contributed by atoms with Gasteiger partial charge in [-0.05, 0) is 31.2 Å². The summed E-state index contributed by atoms with van der Waals surface area (Å²) in [6.07, 6.45) is 0. The zero-order chi connectivity index (χ0) is 16.3. The van der Waals surface area contributed by atoms with Crippen LogP contribution in [0.2, 0.25) is 5.02 Å². The minimum Gasteiger partial charge on any atom is -0.431 e. The van der Waals surface area contributed by atoms with Crippen LogP contribution in [0.15, 0.2) is 47.4 Å². The van der Waals surface area contributed by atoms with Crippen molar-refractivity contribution in [1.82, 2.24) is 0 Å². The van der Waals surface area contributed by atoms with Crippen LogP contribution in [0.1, 0.15) is 5.56 Å². The van der Waals surface area contributed by atoms with Gasteiger partial charge in [-0.3, -0.25) is 4.72 Å². The molecule has 0 saturated heterocycles. The predicted molar refractivity (Wildman–Crippen MR) is 80.1 cm³/mol. The highest BCUT2D eigenvalue weighted by Gasteiger charge is 2.19. The number of para-hydroxylation sites is 1. The Bertz CT molecular complexity index is 764. The molecule has 0 saturated carbocycles. The Labute approximate surface area is 131 Å². The van der Waals surface area contributed by atoms with Crippen molar-refractivity contribution in [2.75, 3.05) is 4.72 Å². The summed E-state index contributed by atoms with van der Waals surface area (Å²) in [5, 5.41) is -0.121. The molecule has 0 fully saturated rings. The second-order valence-electron chi connectivity index (χ2n) is 4.41. The minimum atomic E-state index is -3.94. The van der Waals surface area contributed by atoms with Gasteiger partial charge in [0.05, 0.1) is 15.6 Å². The van der Waals surface area contributed by atoms with E-state index >= 15 is 0 Å². The Kier molecular flexibility index (Phi) is 4.87. The number of sulfonamides is 1. The fourth-order valence-electron chi connectivity index (χ4n) is 1.72. The highest BCUT2D eigenvalue weighted by Crippen LogP contribution is 2.35. The fourth-order valence-corrected chi connectivity index (χ4v) is 3.00. The zero-order valence-electron chi connectivity index (χ0n) is 11.4. The number of aryl methyl sites for hydroxylation is 1. The van der Waals surface area contributed by atoms with Crippen LogP contribution >= 0.6 is 11.6 Å². The number of ether oxygens (including phenoxy) is 1. The van der Waals surface area contributed by atoms with Gasteiger partial charge in [-0.25, -0.2) is 8.42 Å². The molecule has 22 heavy (non-hydrogen) atoms. The maximum Gasteiger partial charge on any atom is 0.387 e. The summed E-state index contributed by atoms with van der Waals surface area (Å²) < 4.78 is 55.9. The van der Waals surface area contributed by atoms with Gasteiger partial charge in [0.2, 0.25) is 0 Å². The summed E-state index contributed by atoms with van der Waals surface area (Å²) in [6.45, 7) is -1.31. The lowest BCUT2D eigenvalue weighted by Crippen LogP contribution is -2.15. The maximum atomic E-state index is 12.4. The number of hydrogen-bond donors (Lipinski definition) is 1. The van der Waals surface area contributed by atoms with Crippen LogP contribution in [-0.2, 0) is 10.0 Å². The van der Waals surface area contributed by atoms with Crippen molar-refractivity contribution >= 4 is 27.3 Å². The Morgan fingerprint density at radius 1 is 1.14 bits per heavy atom. The highest BCUT2D eigenvalue weighted by molar-refractivity contribution is 7.92. The van der Waals surface area contributed by atoms with Gasteiger partial charge in [-0.15, -0.1) is 0 Å². The number of alkyl halides is 2. The van der Waals surface area contributed by atoms with Gasteiger partial charge in [-0.1, -0.05) is 35.4 Å². The second kappa shape index (κ2) is 6.50. The first kappa shape index (κ1) is 16.5. The van der Waals surface area contributed by atoms with Crippen LogP contribution in [0.4, 0.5) is 14.5 Å². The summed E-state index contributed by atoms with van der Waals surface area (Å²) in [7, 11) is -3.94. The third-order valence-electron chi connectivity index (χ3n) is 2.75. The van der Waals surface area contributed by atoms with Crippen LogP contribution in [0.5, 0.6) is 5.75 Å². The topological polar surface area (TPSA) is 55.4 Å². The monoisotopic (exact) mass is 347 g/mol. The van der Waals surface area contributed by atoms with E-state index in [1.54, 1.807) is 12.1 Å². The third kappa shape index (κ3) is 3.86. The number of nitrogens with one attached hydrogen (secondary N) is 1. The van der Waals surface area contributed by atoms with Crippen molar-refractivity contribution in [3.63, 3.8) is 0 Å². The van der Waals surface area contributed by atoms with Crippen molar-refractivity contribution in [3.8, 4) is 5.75 Å². The molecule has 0 heterocycles.